The average Bonchev–Trinajstić information content (AvgIpc) is 2.28. The number of benzene rings is 1. The van der Waals surface area contributed by atoms with E-state index in [1.54, 1.807) is 0 Å². The molecule has 0 spiro atoms. The lowest BCUT2D eigenvalue weighted by Crippen LogP contribution is -2.48. The molecule has 0 saturated carbocycles. The molecule has 2 heterocycles. The summed E-state index contributed by atoms with van der Waals surface area (Å²) in [6.45, 7) is 4.71. The fourth-order valence-corrected chi connectivity index (χ4v) is 2.86. The molecule has 0 amide bonds. The normalized spacial score (nSPS) is 29.0. The van der Waals surface area contributed by atoms with Crippen LogP contribution in [0, 0.1) is 5.92 Å². The molecule has 1 fully saturated rings. The lowest BCUT2D eigenvalue weighted by atomic mass is 9.90. The molecule has 2 aliphatic heterocycles. The highest BCUT2D eigenvalue weighted by Gasteiger charge is 2.30. The first-order valence-corrected chi connectivity index (χ1v) is 5.94. The summed E-state index contributed by atoms with van der Waals surface area (Å²) in [5, 5.41) is 3.54. The Bertz CT molecular complexity index is 361. The summed E-state index contributed by atoms with van der Waals surface area (Å²) in [6, 6.07) is 9.39. The van der Waals surface area contributed by atoms with Gasteiger partial charge in [-0.05, 0) is 30.9 Å². The number of para-hydroxylation sites is 2. The van der Waals surface area contributed by atoms with Crippen LogP contribution in [0.3, 0.4) is 0 Å². The minimum absolute atomic E-state index is 0.712. The SMILES string of the molecule is C[C@H]1CCN2c3ccccc3NC[C@H]2C1. The quantitative estimate of drug-likeness (QED) is 0.696. The summed E-state index contributed by atoms with van der Waals surface area (Å²) in [5.74, 6) is 0.887. The van der Waals surface area contributed by atoms with E-state index in [0.29, 0.717) is 6.04 Å². The van der Waals surface area contributed by atoms with Crippen molar-refractivity contribution in [2.24, 2.45) is 5.92 Å². The summed E-state index contributed by atoms with van der Waals surface area (Å²) < 4.78 is 0. The summed E-state index contributed by atoms with van der Waals surface area (Å²) in [7, 11) is 0. The summed E-state index contributed by atoms with van der Waals surface area (Å²) in [5.41, 5.74) is 2.71. The largest absolute Gasteiger partial charge is 0.381 e. The third-order valence-corrected chi connectivity index (χ3v) is 3.72. The van der Waals surface area contributed by atoms with Crippen molar-refractivity contribution in [2.75, 3.05) is 23.3 Å². The molecule has 0 aliphatic carbocycles. The van der Waals surface area contributed by atoms with Crippen LogP contribution in [0.25, 0.3) is 0 Å². The summed E-state index contributed by atoms with van der Waals surface area (Å²) in [4.78, 5) is 2.59. The first-order valence-electron chi connectivity index (χ1n) is 5.94. The van der Waals surface area contributed by atoms with Gasteiger partial charge in [0.15, 0.2) is 0 Å². The van der Waals surface area contributed by atoms with E-state index >= 15 is 0 Å². The van der Waals surface area contributed by atoms with E-state index in [1.165, 1.54) is 30.8 Å². The molecule has 80 valence electrons. The van der Waals surface area contributed by atoms with E-state index in [0.717, 1.165) is 12.5 Å². The number of piperidine rings is 1. The van der Waals surface area contributed by atoms with Crippen molar-refractivity contribution in [1.29, 1.82) is 0 Å². The van der Waals surface area contributed by atoms with Gasteiger partial charge in [0.1, 0.15) is 0 Å². The predicted octanol–water partition coefficient (Wildman–Crippen LogP) is 2.72. The fourth-order valence-electron chi connectivity index (χ4n) is 2.86. The van der Waals surface area contributed by atoms with Crippen molar-refractivity contribution in [3.05, 3.63) is 24.3 Å². The van der Waals surface area contributed by atoms with Gasteiger partial charge in [-0.25, -0.2) is 0 Å². The molecule has 2 aliphatic rings. The van der Waals surface area contributed by atoms with Gasteiger partial charge in [0.25, 0.3) is 0 Å². The second-order valence-electron chi connectivity index (χ2n) is 4.87. The van der Waals surface area contributed by atoms with Crippen LogP contribution < -0.4 is 10.2 Å². The molecule has 2 nitrogen and oxygen atoms in total. The Balaban J connectivity index is 1.93. The molecule has 2 heteroatoms. The van der Waals surface area contributed by atoms with Crippen LogP contribution in [0.15, 0.2) is 24.3 Å². The van der Waals surface area contributed by atoms with Crippen LogP contribution in [0.2, 0.25) is 0 Å². The highest BCUT2D eigenvalue weighted by molar-refractivity contribution is 5.72. The lowest BCUT2D eigenvalue weighted by Gasteiger charge is -2.44. The minimum Gasteiger partial charge on any atom is -0.381 e. The third-order valence-electron chi connectivity index (χ3n) is 3.72. The van der Waals surface area contributed by atoms with E-state index in [1.807, 2.05) is 0 Å². The Morgan fingerprint density at radius 1 is 1.33 bits per heavy atom. The van der Waals surface area contributed by atoms with Gasteiger partial charge < -0.3 is 10.2 Å². The number of fused-ring (bicyclic) bond motifs is 3. The maximum absolute atomic E-state index is 3.54. The zero-order valence-corrected chi connectivity index (χ0v) is 9.24. The first kappa shape index (κ1) is 9.08. The van der Waals surface area contributed by atoms with Crippen molar-refractivity contribution in [2.45, 2.75) is 25.8 Å². The fraction of sp³-hybridized carbons (Fsp3) is 0.538. The maximum atomic E-state index is 3.54. The topological polar surface area (TPSA) is 15.3 Å². The van der Waals surface area contributed by atoms with Gasteiger partial charge in [-0.15, -0.1) is 0 Å². The first-order chi connectivity index (χ1) is 7.34. The Morgan fingerprint density at radius 2 is 2.20 bits per heavy atom. The molecular weight excluding hydrogens is 184 g/mol. The zero-order valence-electron chi connectivity index (χ0n) is 9.24. The van der Waals surface area contributed by atoms with Gasteiger partial charge >= 0.3 is 0 Å². The predicted molar refractivity (Wildman–Crippen MR) is 64.5 cm³/mol. The number of hydrogen-bond acceptors (Lipinski definition) is 2. The van der Waals surface area contributed by atoms with Crippen molar-refractivity contribution in [1.82, 2.24) is 0 Å². The number of nitrogens with one attached hydrogen (secondary N) is 1. The van der Waals surface area contributed by atoms with Crippen LogP contribution >= 0.6 is 0 Å². The average molecular weight is 202 g/mol. The molecule has 2 atom stereocenters. The van der Waals surface area contributed by atoms with Gasteiger partial charge in [0, 0.05) is 19.1 Å². The molecule has 1 N–H and O–H groups in total. The van der Waals surface area contributed by atoms with Crippen molar-refractivity contribution in [3.8, 4) is 0 Å². The second-order valence-corrected chi connectivity index (χ2v) is 4.87. The van der Waals surface area contributed by atoms with Crippen molar-refractivity contribution >= 4 is 11.4 Å². The van der Waals surface area contributed by atoms with E-state index < -0.39 is 0 Å². The Morgan fingerprint density at radius 3 is 3.13 bits per heavy atom. The van der Waals surface area contributed by atoms with Gasteiger partial charge in [-0.1, -0.05) is 19.1 Å². The third kappa shape index (κ3) is 1.48. The molecule has 0 unspecified atom stereocenters. The zero-order chi connectivity index (χ0) is 10.3. The number of rotatable bonds is 0. The van der Waals surface area contributed by atoms with Gasteiger partial charge in [0.05, 0.1) is 11.4 Å². The van der Waals surface area contributed by atoms with E-state index in [4.69, 9.17) is 0 Å². The highest BCUT2D eigenvalue weighted by atomic mass is 15.2. The molecule has 0 radical (unpaired) electrons. The monoisotopic (exact) mass is 202 g/mol. The molecule has 15 heavy (non-hydrogen) atoms. The standard InChI is InChI=1S/C13H18N2/c1-10-6-7-15-11(8-10)9-14-12-4-2-3-5-13(12)15/h2-5,10-11,14H,6-9H2,1H3/t10-,11+/m0/s1. The summed E-state index contributed by atoms with van der Waals surface area (Å²) in [6.07, 6.45) is 2.67. The minimum atomic E-state index is 0.712. The van der Waals surface area contributed by atoms with Crippen LogP contribution in [0.5, 0.6) is 0 Å². The van der Waals surface area contributed by atoms with Crippen molar-refractivity contribution < 1.29 is 0 Å². The number of anilines is 2. The smallest absolute Gasteiger partial charge is 0.0605 e. The van der Waals surface area contributed by atoms with Crippen LogP contribution in [0.4, 0.5) is 11.4 Å². The molecule has 1 saturated heterocycles. The van der Waals surface area contributed by atoms with E-state index in [2.05, 4.69) is 41.4 Å². The molecule has 1 aromatic carbocycles. The van der Waals surface area contributed by atoms with Gasteiger partial charge in [-0.3, -0.25) is 0 Å². The lowest BCUT2D eigenvalue weighted by molar-refractivity contribution is 0.367. The number of hydrogen-bond donors (Lipinski definition) is 1. The Labute approximate surface area is 91.3 Å². The van der Waals surface area contributed by atoms with E-state index in [9.17, 15) is 0 Å². The van der Waals surface area contributed by atoms with E-state index in [-0.39, 0.29) is 0 Å². The molecule has 3 rings (SSSR count). The Kier molecular flexibility index (Phi) is 2.08. The van der Waals surface area contributed by atoms with Gasteiger partial charge in [0.2, 0.25) is 0 Å². The van der Waals surface area contributed by atoms with Gasteiger partial charge in [-0.2, -0.15) is 0 Å². The Hall–Kier alpha value is -1.18. The van der Waals surface area contributed by atoms with Crippen molar-refractivity contribution in [3.63, 3.8) is 0 Å². The molecule has 0 aromatic heterocycles. The second kappa shape index (κ2) is 3.44. The number of nitrogens with zero attached hydrogens (tertiary/aromatic N) is 1. The molecular formula is C13H18N2. The van der Waals surface area contributed by atoms with Crippen LogP contribution in [-0.2, 0) is 0 Å². The molecule has 1 aromatic rings. The van der Waals surface area contributed by atoms with Crippen LogP contribution in [0.1, 0.15) is 19.8 Å². The maximum Gasteiger partial charge on any atom is 0.0605 e. The highest BCUT2D eigenvalue weighted by Crippen LogP contribution is 2.36. The van der Waals surface area contributed by atoms with Crippen LogP contribution in [-0.4, -0.2) is 19.1 Å². The summed E-state index contributed by atoms with van der Waals surface area (Å²) >= 11 is 0. The molecule has 0 bridgehead atoms.